The number of benzene rings is 1. The van der Waals surface area contributed by atoms with E-state index in [4.69, 9.17) is 8.85 Å². The average molecular weight is 667 g/mol. The van der Waals surface area contributed by atoms with Gasteiger partial charge in [0, 0.05) is 0 Å². The molecule has 0 aliphatic carbocycles. The third kappa shape index (κ3) is 5.43. The van der Waals surface area contributed by atoms with E-state index in [1.165, 1.54) is 0 Å². The molecule has 0 N–H and O–H groups in total. The Balaban J connectivity index is 3.14. The molecule has 1 aromatic carbocycles. The number of ether oxygens (including phenoxy) is 1. The second-order valence-electron chi connectivity index (χ2n) is 7.34. The van der Waals surface area contributed by atoms with Crippen molar-refractivity contribution in [2.24, 2.45) is 0 Å². The fourth-order valence-corrected chi connectivity index (χ4v) is 3.30. The van der Waals surface area contributed by atoms with Crippen LogP contribution in [0.5, 0.6) is 5.75 Å². The molecule has 0 aromatic heterocycles. The molecular weight excluding hydrogens is 651 g/mol. The zero-order valence-corrected chi connectivity index (χ0v) is 19.3. The van der Waals surface area contributed by atoms with Crippen molar-refractivity contribution in [3.63, 3.8) is 0 Å². The van der Waals surface area contributed by atoms with Crippen molar-refractivity contribution < 1.29 is 87.3 Å². The van der Waals surface area contributed by atoms with Gasteiger partial charge in [-0.3, -0.25) is 0 Å². The molecule has 38 heavy (non-hydrogen) atoms. The van der Waals surface area contributed by atoms with Gasteiger partial charge >= 0.3 is 160 Å². The standard InChI is InChI=1S/C18H13F17O2Se/c1-38(36)10-5-3-9(4-6-10)37-8-2-7-11(19,20)12(21,22)13(23,24)14(25,26)15(27,28)16(29,30)17(31,32)18(33,34)35/h3-6H,2,7-8H2,1H3/i1+1D3. The van der Waals surface area contributed by atoms with Crippen LogP contribution in [-0.4, -0.2) is 68.1 Å². The molecule has 1 unspecified atom stereocenters. The third-order valence-electron chi connectivity index (χ3n) is 4.73. The van der Waals surface area contributed by atoms with Gasteiger partial charge < -0.3 is 0 Å². The molecule has 2 nitrogen and oxygen atoms in total. The molecule has 1 aromatic rings. The second kappa shape index (κ2) is 10.3. The molecule has 0 saturated heterocycles. The van der Waals surface area contributed by atoms with Crippen LogP contribution in [-0.2, 0) is 3.83 Å². The monoisotopic (exact) mass is 668 g/mol. The summed E-state index contributed by atoms with van der Waals surface area (Å²) in [4.78, 5) is 0. The molecule has 1 rings (SSSR count). The van der Waals surface area contributed by atoms with Gasteiger partial charge in [0.15, 0.2) is 0 Å². The van der Waals surface area contributed by atoms with E-state index in [2.05, 4.69) is 0 Å². The molecule has 20 heteroatoms. The van der Waals surface area contributed by atoms with Gasteiger partial charge in [0.1, 0.15) is 0 Å². The van der Waals surface area contributed by atoms with Gasteiger partial charge in [-0.1, -0.05) is 0 Å². The van der Waals surface area contributed by atoms with Crippen LogP contribution in [0.25, 0.3) is 0 Å². The van der Waals surface area contributed by atoms with E-state index >= 15 is 0 Å². The van der Waals surface area contributed by atoms with Gasteiger partial charge in [0.25, 0.3) is 0 Å². The molecule has 222 valence electrons. The van der Waals surface area contributed by atoms with Crippen LogP contribution in [0.1, 0.15) is 17.0 Å². The third-order valence-corrected chi connectivity index (χ3v) is 6.20. The summed E-state index contributed by atoms with van der Waals surface area (Å²) in [6, 6.07) is 3.61. The Kier molecular flexibility index (Phi) is 7.88. The molecule has 1 atom stereocenters. The van der Waals surface area contributed by atoms with E-state index in [1.807, 2.05) is 0 Å². The molecule has 0 aliphatic rings. The fraction of sp³-hybridized carbons (Fsp3) is 0.667. The zero-order chi connectivity index (χ0) is 32.9. The maximum absolute atomic E-state index is 13.9. The van der Waals surface area contributed by atoms with E-state index in [0.717, 1.165) is 24.3 Å². The number of hydrogen-bond acceptors (Lipinski definition) is 2. The van der Waals surface area contributed by atoms with Gasteiger partial charge in [0.2, 0.25) is 0 Å². The zero-order valence-electron chi connectivity index (χ0n) is 20.6. The van der Waals surface area contributed by atoms with Crippen LogP contribution in [0.15, 0.2) is 24.3 Å². The Morgan fingerprint density at radius 3 is 1.45 bits per heavy atom. The summed E-state index contributed by atoms with van der Waals surface area (Å²) in [5, 5.41) is 0. The molecule has 0 heterocycles. The van der Waals surface area contributed by atoms with Gasteiger partial charge in [0.05, 0.1) is 0 Å². The van der Waals surface area contributed by atoms with Crippen molar-refractivity contribution in [1.82, 2.24) is 0 Å². The van der Waals surface area contributed by atoms with Gasteiger partial charge in [-0.25, -0.2) is 0 Å². The quantitative estimate of drug-likeness (QED) is 0.103. The van der Waals surface area contributed by atoms with E-state index in [-0.39, 0.29) is 10.2 Å². The maximum atomic E-state index is 13.9. The number of halogens is 17. The molecular formula is C18H13F17O2Se. The molecule has 0 spiro atoms. The van der Waals surface area contributed by atoms with Gasteiger partial charge in [-0.2, -0.15) is 48.3 Å². The van der Waals surface area contributed by atoms with Crippen molar-refractivity contribution >= 4 is 18.3 Å². The summed E-state index contributed by atoms with van der Waals surface area (Å²) >= 11 is -3.59. The van der Waals surface area contributed by atoms with Crippen molar-refractivity contribution in [2.45, 2.75) is 66.2 Å². The van der Waals surface area contributed by atoms with Gasteiger partial charge in [-0.15, -0.1) is 0 Å². The summed E-state index contributed by atoms with van der Waals surface area (Å²) in [5.74, 6) is -59.9. The SMILES string of the molecule is [2H][13C]([2H])([2H])[Se](=O)c1ccc(OCCCC(F)(F)C(F)(F)C(F)(F)C(F)(F)C(F)(F)C(F)(F)C(F)(F)C(F)(F)F)cc1. The Morgan fingerprint density at radius 2 is 1.05 bits per heavy atom. The summed E-state index contributed by atoms with van der Waals surface area (Å²) < 4.78 is 262. The molecule has 0 aliphatic heterocycles. The van der Waals surface area contributed by atoms with Crippen LogP contribution in [0.4, 0.5) is 74.6 Å². The minimum atomic E-state index is -8.68. The van der Waals surface area contributed by atoms with Crippen molar-refractivity contribution in [3.8, 4) is 5.75 Å². The van der Waals surface area contributed by atoms with Crippen molar-refractivity contribution in [3.05, 3.63) is 24.3 Å². The average Bonchev–Trinajstić information content (AvgIpc) is 2.79. The van der Waals surface area contributed by atoms with Crippen LogP contribution >= 0.6 is 0 Å². The number of hydrogen-bond donors (Lipinski definition) is 0. The second-order valence-corrected chi connectivity index (χ2v) is 9.46. The summed E-state index contributed by atoms with van der Waals surface area (Å²) in [7, 11) is 0. The molecule has 0 bridgehead atoms. The number of rotatable bonds is 12. The van der Waals surface area contributed by atoms with Crippen LogP contribution in [0.2, 0.25) is 5.75 Å². The van der Waals surface area contributed by atoms with Crippen molar-refractivity contribution in [1.29, 1.82) is 0 Å². The number of alkyl halides is 17. The Bertz CT molecular complexity index is 1090. The van der Waals surface area contributed by atoms with E-state index in [1.54, 1.807) is 0 Å². The first-order valence-corrected chi connectivity index (χ1v) is 11.6. The van der Waals surface area contributed by atoms with Gasteiger partial charge in [-0.05, 0) is 0 Å². The van der Waals surface area contributed by atoms with E-state index in [9.17, 15) is 78.5 Å². The summed E-state index contributed by atoms with van der Waals surface area (Å²) in [5.41, 5.74) is 0. The van der Waals surface area contributed by atoms with E-state index in [0.29, 0.717) is 0 Å². The first-order valence-electron chi connectivity index (χ1n) is 10.7. The summed E-state index contributed by atoms with van der Waals surface area (Å²) in [6.07, 6.45) is -12.0. The van der Waals surface area contributed by atoms with Crippen molar-refractivity contribution in [2.75, 3.05) is 6.61 Å². The Labute approximate surface area is 209 Å². The Hall–Kier alpha value is -1.85. The minimum absolute atomic E-state index is 0.206. The predicted octanol–water partition coefficient (Wildman–Crippen LogP) is 7.11. The molecule has 0 fully saturated rings. The molecule has 0 amide bonds. The first-order chi connectivity index (χ1) is 17.8. The first kappa shape index (κ1) is 29.1. The molecule has 0 saturated carbocycles. The summed E-state index contributed by atoms with van der Waals surface area (Å²) in [6.45, 7) is -1.16. The van der Waals surface area contributed by atoms with Crippen LogP contribution in [0, 0.1) is 0 Å². The fourth-order valence-electron chi connectivity index (χ4n) is 2.50. The normalized spacial score (nSPS) is 17.4. The predicted molar refractivity (Wildman–Crippen MR) is 93.8 cm³/mol. The Morgan fingerprint density at radius 1 is 0.658 bits per heavy atom. The van der Waals surface area contributed by atoms with Crippen LogP contribution < -0.4 is 9.20 Å². The van der Waals surface area contributed by atoms with E-state index < -0.39 is 86.7 Å². The molecule has 0 radical (unpaired) electrons. The topological polar surface area (TPSA) is 26.3 Å². The van der Waals surface area contributed by atoms with Crippen LogP contribution in [0.3, 0.4) is 0 Å².